The van der Waals surface area contributed by atoms with Gasteiger partial charge in [0.1, 0.15) is 0 Å². The smallest absolute Gasteiger partial charge is 0.225 e. The first-order valence-corrected chi connectivity index (χ1v) is 5.54. The normalized spacial score (nSPS) is 12.1. The van der Waals surface area contributed by atoms with Crippen LogP contribution in [0, 0.1) is 0 Å². The summed E-state index contributed by atoms with van der Waals surface area (Å²) in [5.41, 5.74) is 6.39. The molecule has 1 rings (SSSR count). The van der Waals surface area contributed by atoms with E-state index in [9.17, 15) is 4.79 Å². The van der Waals surface area contributed by atoms with Gasteiger partial charge in [0.15, 0.2) is 0 Å². The Hall–Kier alpha value is -0.940. The Morgan fingerprint density at radius 1 is 1.79 bits per heavy atom. The van der Waals surface area contributed by atoms with Crippen LogP contribution in [0.4, 0.5) is 0 Å². The molecule has 0 radical (unpaired) electrons. The monoisotopic (exact) mass is 228 g/mol. The maximum atomic E-state index is 11.4. The molecule has 76 valence electrons. The van der Waals surface area contributed by atoms with Crippen LogP contribution in [0.1, 0.15) is 12.5 Å². The highest BCUT2D eigenvalue weighted by Crippen LogP contribution is 2.06. The molecule has 0 bridgehead atoms. The van der Waals surface area contributed by atoms with Crippen molar-refractivity contribution in [1.29, 1.82) is 0 Å². The van der Waals surface area contributed by atoms with E-state index in [1.807, 2.05) is 16.8 Å². The minimum atomic E-state index is -0.240. The lowest BCUT2D eigenvalue weighted by molar-refractivity contribution is -0.120. The van der Waals surface area contributed by atoms with Crippen molar-refractivity contribution in [2.45, 2.75) is 19.4 Å². The number of thiophene rings is 1. The number of nitrogens with two attached hydrogens (primary N) is 1. The number of hydrogen-bond donors (Lipinski definition) is 2. The largest absolute Gasteiger partial charge is 0.392 e. The predicted octanol–water partition coefficient (Wildman–Crippen LogP) is 1.08. The molecule has 0 spiro atoms. The molecule has 1 aromatic heterocycles. The van der Waals surface area contributed by atoms with Crippen LogP contribution >= 0.6 is 23.6 Å². The fourth-order valence-electron chi connectivity index (χ4n) is 0.942. The fraction of sp³-hybridized carbons (Fsp3) is 0.333. The average Bonchev–Trinajstić information content (AvgIpc) is 2.56. The molecule has 3 nitrogen and oxygen atoms in total. The van der Waals surface area contributed by atoms with Crippen molar-refractivity contribution in [3.05, 3.63) is 22.4 Å². The van der Waals surface area contributed by atoms with E-state index in [2.05, 4.69) is 5.32 Å². The van der Waals surface area contributed by atoms with Gasteiger partial charge in [-0.25, -0.2) is 0 Å². The third kappa shape index (κ3) is 3.43. The molecule has 14 heavy (non-hydrogen) atoms. The summed E-state index contributed by atoms with van der Waals surface area (Å²) in [6.45, 7) is 1.77. The lowest BCUT2D eigenvalue weighted by Gasteiger charge is -2.11. The summed E-state index contributed by atoms with van der Waals surface area (Å²) in [4.78, 5) is 11.7. The Labute approximate surface area is 92.3 Å². The zero-order chi connectivity index (χ0) is 10.6. The van der Waals surface area contributed by atoms with Crippen LogP contribution in [0.15, 0.2) is 16.8 Å². The van der Waals surface area contributed by atoms with Gasteiger partial charge in [-0.2, -0.15) is 11.3 Å². The summed E-state index contributed by atoms with van der Waals surface area (Å²) >= 11 is 6.33. The van der Waals surface area contributed by atoms with Gasteiger partial charge in [-0.1, -0.05) is 12.2 Å². The van der Waals surface area contributed by atoms with E-state index >= 15 is 0 Å². The van der Waals surface area contributed by atoms with Gasteiger partial charge < -0.3 is 11.1 Å². The van der Waals surface area contributed by atoms with Crippen LogP contribution in [-0.2, 0) is 11.2 Å². The molecule has 0 aromatic carbocycles. The van der Waals surface area contributed by atoms with E-state index in [0.29, 0.717) is 11.4 Å². The molecule has 0 saturated heterocycles. The molecule has 0 fully saturated rings. The van der Waals surface area contributed by atoms with E-state index < -0.39 is 0 Å². The van der Waals surface area contributed by atoms with Gasteiger partial charge in [-0.3, -0.25) is 4.79 Å². The van der Waals surface area contributed by atoms with Crippen LogP contribution in [0.25, 0.3) is 0 Å². The third-order valence-electron chi connectivity index (χ3n) is 1.75. The molecule has 5 heteroatoms. The summed E-state index contributed by atoms with van der Waals surface area (Å²) in [7, 11) is 0. The summed E-state index contributed by atoms with van der Waals surface area (Å²) < 4.78 is 0. The average molecular weight is 228 g/mol. The van der Waals surface area contributed by atoms with Crippen molar-refractivity contribution in [2.75, 3.05) is 0 Å². The Bertz CT molecular complexity index is 322. The van der Waals surface area contributed by atoms with Gasteiger partial charge in [0.05, 0.1) is 17.5 Å². The fourth-order valence-corrected chi connectivity index (χ4v) is 1.67. The summed E-state index contributed by atoms with van der Waals surface area (Å²) in [5, 5.41) is 6.61. The van der Waals surface area contributed by atoms with Crippen LogP contribution in [0.2, 0.25) is 0 Å². The Morgan fingerprint density at radius 3 is 3.00 bits per heavy atom. The van der Waals surface area contributed by atoms with Gasteiger partial charge in [-0.15, -0.1) is 0 Å². The van der Waals surface area contributed by atoms with Crippen LogP contribution in [-0.4, -0.2) is 16.9 Å². The maximum absolute atomic E-state index is 11.4. The minimum absolute atomic E-state index is 0.0521. The second kappa shape index (κ2) is 5.07. The van der Waals surface area contributed by atoms with E-state index in [4.69, 9.17) is 18.0 Å². The van der Waals surface area contributed by atoms with Crippen molar-refractivity contribution in [2.24, 2.45) is 5.73 Å². The molecular weight excluding hydrogens is 216 g/mol. The second-order valence-electron chi connectivity index (χ2n) is 3.00. The van der Waals surface area contributed by atoms with Crippen molar-refractivity contribution in [3.8, 4) is 0 Å². The van der Waals surface area contributed by atoms with Crippen molar-refractivity contribution >= 4 is 34.5 Å². The maximum Gasteiger partial charge on any atom is 0.225 e. The molecule has 0 aliphatic carbocycles. The van der Waals surface area contributed by atoms with Crippen molar-refractivity contribution in [1.82, 2.24) is 5.32 Å². The standard InChI is InChI=1S/C9H12N2OS2/c1-6(9(10)13)11-8(12)4-7-2-3-14-5-7/h2-3,5-6H,4H2,1H3,(H2,10,13)(H,11,12). The highest BCUT2D eigenvalue weighted by atomic mass is 32.1. The van der Waals surface area contributed by atoms with Crippen LogP contribution < -0.4 is 11.1 Å². The molecule has 3 N–H and O–H groups in total. The molecule has 1 heterocycles. The molecular formula is C9H12N2OS2. The number of thiocarbonyl (C=S) groups is 1. The number of carbonyl (C=O) groups excluding carboxylic acids is 1. The quantitative estimate of drug-likeness (QED) is 0.758. The minimum Gasteiger partial charge on any atom is -0.392 e. The summed E-state index contributed by atoms with van der Waals surface area (Å²) in [6.07, 6.45) is 0.385. The Balaban J connectivity index is 2.40. The lowest BCUT2D eigenvalue weighted by atomic mass is 10.2. The van der Waals surface area contributed by atoms with E-state index in [-0.39, 0.29) is 11.9 Å². The zero-order valence-corrected chi connectivity index (χ0v) is 9.45. The molecule has 1 amide bonds. The van der Waals surface area contributed by atoms with Gasteiger partial charge >= 0.3 is 0 Å². The number of rotatable bonds is 4. The summed E-state index contributed by atoms with van der Waals surface area (Å²) in [6, 6.07) is 1.69. The lowest BCUT2D eigenvalue weighted by Crippen LogP contribution is -2.41. The molecule has 1 aromatic rings. The molecule has 1 atom stereocenters. The number of hydrogen-bond acceptors (Lipinski definition) is 3. The van der Waals surface area contributed by atoms with Crippen molar-refractivity contribution < 1.29 is 4.79 Å². The number of nitrogens with one attached hydrogen (secondary N) is 1. The van der Waals surface area contributed by atoms with Gasteiger partial charge in [0.25, 0.3) is 0 Å². The number of carbonyl (C=O) groups is 1. The first kappa shape index (κ1) is 11.1. The van der Waals surface area contributed by atoms with E-state index in [0.717, 1.165) is 5.56 Å². The first-order valence-electron chi connectivity index (χ1n) is 4.19. The van der Waals surface area contributed by atoms with Gasteiger partial charge in [0, 0.05) is 0 Å². The SMILES string of the molecule is CC(NC(=O)Cc1ccsc1)C(N)=S. The molecule has 0 aliphatic heterocycles. The topological polar surface area (TPSA) is 55.1 Å². The van der Waals surface area contributed by atoms with Crippen LogP contribution in [0.3, 0.4) is 0 Å². The predicted molar refractivity (Wildman–Crippen MR) is 62.4 cm³/mol. The highest BCUT2D eigenvalue weighted by Gasteiger charge is 2.09. The van der Waals surface area contributed by atoms with Crippen molar-refractivity contribution in [3.63, 3.8) is 0 Å². The van der Waals surface area contributed by atoms with Gasteiger partial charge in [-0.05, 0) is 29.3 Å². The molecule has 1 unspecified atom stereocenters. The Kier molecular flexibility index (Phi) is 4.03. The highest BCUT2D eigenvalue weighted by molar-refractivity contribution is 7.80. The summed E-state index contributed by atoms with van der Waals surface area (Å²) in [5.74, 6) is -0.0521. The van der Waals surface area contributed by atoms with E-state index in [1.54, 1.807) is 18.3 Å². The molecule has 0 saturated carbocycles. The van der Waals surface area contributed by atoms with E-state index in [1.165, 1.54) is 0 Å². The number of amides is 1. The first-order chi connectivity index (χ1) is 6.59. The molecule has 0 aliphatic rings. The Morgan fingerprint density at radius 2 is 2.50 bits per heavy atom. The zero-order valence-electron chi connectivity index (χ0n) is 7.82. The van der Waals surface area contributed by atoms with Gasteiger partial charge in [0.2, 0.25) is 5.91 Å². The van der Waals surface area contributed by atoms with Crippen LogP contribution in [0.5, 0.6) is 0 Å². The third-order valence-corrected chi connectivity index (χ3v) is 2.83. The second-order valence-corrected chi connectivity index (χ2v) is 4.25.